The Labute approximate surface area is 123 Å². The molecule has 0 saturated heterocycles. The van der Waals surface area contributed by atoms with Crippen molar-refractivity contribution < 1.29 is 13.5 Å². The predicted molar refractivity (Wildman–Crippen MR) is 78.3 cm³/mol. The molecule has 0 radical (unpaired) electrons. The molecule has 0 aliphatic carbocycles. The lowest BCUT2D eigenvalue weighted by molar-refractivity contribution is 0.174. The van der Waals surface area contributed by atoms with Crippen LogP contribution in [-0.4, -0.2) is 36.5 Å². The number of aliphatic hydroxyl groups is 1. The largest absolute Gasteiger partial charge is 0.387 e. The lowest BCUT2D eigenvalue weighted by atomic mass is 10.1. The van der Waals surface area contributed by atoms with E-state index < -0.39 is 15.9 Å². The summed E-state index contributed by atoms with van der Waals surface area (Å²) in [7, 11) is -3.21. The van der Waals surface area contributed by atoms with Crippen molar-refractivity contribution in [2.75, 3.05) is 12.8 Å². The summed E-state index contributed by atoms with van der Waals surface area (Å²) < 4.78 is 22.7. The highest BCUT2D eigenvalue weighted by atomic mass is 32.2. The first kappa shape index (κ1) is 15.6. The summed E-state index contributed by atoms with van der Waals surface area (Å²) in [6.07, 6.45) is 2.04. The Balaban J connectivity index is 1.90. The standard InChI is InChI=1S/C14H17N3O3S/c1-21(19,20)13-6-4-11(5-7-13)14(18)10-15-9-12-3-2-8-16-17-12/h2-8,14-15,18H,9-10H2,1H3. The number of benzene rings is 1. The number of sulfone groups is 1. The van der Waals surface area contributed by atoms with E-state index in [4.69, 9.17) is 0 Å². The third kappa shape index (κ3) is 4.59. The van der Waals surface area contributed by atoms with Gasteiger partial charge in [0.05, 0.1) is 16.7 Å². The molecule has 0 bridgehead atoms. The third-order valence-electron chi connectivity index (χ3n) is 2.96. The average molecular weight is 307 g/mol. The van der Waals surface area contributed by atoms with Crippen LogP contribution < -0.4 is 5.32 Å². The van der Waals surface area contributed by atoms with Gasteiger partial charge in [0.15, 0.2) is 9.84 Å². The SMILES string of the molecule is CS(=O)(=O)c1ccc(C(O)CNCc2cccnn2)cc1. The molecule has 2 rings (SSSR count). The second-order valence-corrected chi connectivity index (χ2v) is 6.72. The number of nitrogens with one attached hydrogen (secondary N) is 1. The van der Waals surface area contributed by atoms with Gasteiger partial charge in [-0.25, -0.2) is 8.42 Å². The quantitative estimate of drug-likeness (QED) is 0.816. The molecular weight excluding hydrogens is 290 g/mol. The maximum absolute atomic E-state index is 11.4. The highest BCUT2D eigenvalue weighted by Crippen LogP contribution is 2.16. The zero-order valence-electron chi connectivity index (χ0n) is 11.6. The van der Waals surface area contributed by atoms with Gasteiger partial charge in [-0.15, -0.1) is 0 Å². The summed E-state index contributed by atoms with van der Waals surface area (Å²) in [6.45, 7) is 0.848. The molecule has 21 heavy (non-hydrogen) atoms. The lowest BCUT2D eigenvalue weighted by Gasteiger charge is -2.12. The van der Waals surface area contributed by atoms with E-state index in [1.165, 1.54) is 12.1 Å². The van der Waals surface area contributed by atoms with Gasteiger partial charge in [-0.05, 0) is 29.8 Å². The zero-order chi connectivity index (χ0) is 15.3. The highest BCUT2D eigenvalue weighted by Gasteiger charge is 2.10. The first-order valence-corrected chi connectivity index (χ1v) is 8.31. The summed E-state index contributed by atoms with van der Waals surface area (Å²) >= 11 is 0. The second kappa shape index (κ2) is 6.75. The molecule has 1 unspecified atom stereocenters. The number of aliphatic hydroxyl groups excluding tert-OH is 1. The molecule has 1 atom stereocenters. The lowest BCUT2D eigenvalue weighted by Crippen LogP contribution is -2.21. The van der Waals surface area contributed by atoms with Crippen LogP contribution in [0.1, 0.15) is 17.4 Å². The Kier molecular flexibility index (Phi) is 5.00. The third-order valence-corrected chi connectivity index (χ3v) is 4.09. The van der Waals surface area contributed by atoms with Gasteiger partial charge in [-0.3, -0.25) is 0 Å². The molecule has 1 aromatic carbocycles. The van der Waals surface area contributed by atoms with Crippen molar-refractivity contribution in [1.82, 2.24) is 15.5 Å². The van der Waals surface area contributed by atoms with E-state index in [0.29, 0.717) is 18.7 Å². The van der Waals surface area contributed by atoms with E-state index in [1.807, 2.05) is 6.07 Å². The molecule has 6 nitrogen and oxygen atoms in total. The molecule has 0 aliphatic heterocycles. The van der Waals surface area contributed by atoms with Crippen molar-refractivity contribution in [3.63, 3.8) is 0 Å². The topological polar surface area (TPSA) is 92.2 Å². The minimum Gasteiger partial charge on any atom is -0.387 e. The van der Waals surface area contributed by atoms with E-state index in [9.17, 15) is 13.5 Å². The molecule has 1 heterocycles. The fourth-order valence-electron chi connectivity index (χ4n) is 1.82. The molecule has 0 amide bonds. The molecule has 2 N–H and O–H groups in total. The first-order chi connectivity index (χ1) is 9.97. The van der Waals surface area contributed by atoms with Crippen LogP contribution in [0.2, 0.25) is 0 Å². The van der Waals surface area contributed by atoms with Gasteiger partial charge in [-0.2, -0.15) is 10.2 Å². The van der Waals surface area contributed by atoms with Gasteiger partial charge in [0.2, 0.25) is 0 Å². The van der Waals surface area contributed by atoms with Crippen LogP contribution >= 0.6 is 0 Å². The Hall–Kier alpha value is -1.83. The van der Waals surface area contributed by atoms with Gasteiger partial charge in [-0.1, -0.05) is 12.1 Å². The molecule has 0 aliphatic rings. The van der Waals surface area contributed by atoms with Crippen molar-refractivity contribution in [3.8, 4) is 0 Å². The monoisotopic (exact) mass is 307 g/mol. The number of rotatable bonds is 6. The maximum Gasteiger partial charge on any atom is 0.175 e. The van der Waals surface area contributed by atoms with Gasteiger partial charge < -0.3 is 10.4 Å². The van der Waals surface area contributed by atoms with Crippen molar-refractivity contribution >= 4 is 9.84 Å². The van der Waals surface area contributed by atoms with Crippen LogP contribution in [0.15, 0.2) is 47.5 Å². The fourth-order valence-corrected chi connectivity index (χ4v) is 2.45. The fraction of sp³-hybridized carbons (Fsp3) is 0.286. The van der Waals surface area contributed by atoms with Gasteiger partial charge in [0.25, 0.3) is 0 Å². The van der Waals surface area contributed by atoms with E-state index in [1.54, 1.807) is 24.4 Å². The molecule has 1 aromatic heterocycles. The Bertz CT molecular complexity index is 672. The first-order valence-electron chi connectivity index (χ1n) is 6.42. The molecule has 7 heteroatoms. The van der Waals surface area contributed by atoms with Crippen LogP contribution in [0.25, 0.3) is 0 Å². The normalized spacial score (nSPS) is 13.0. The highest BCUT2D eigenvalue weighted by molar-refractivity contribution is 7.90. The van der Waals surface area contributed by atoms with E-state index in [2.05, 4.69) is 15.5 Å². The summed E-state index contributed by atoms with van der Waals surface area (Å²) in [5.74, 6) is 0. The minimum absolute atomic E-state index is 0.242. The summed E-state index contributed by atoms with van der Waals surface area (Å²) in [5, 5.41) is 20.8. The maximum atomic E-state index is 11.4. The van der Waals surface area contributed by atoms with Crippen molar-refractivity contribution in [2.24, 2.45) is 0 Å². The van der Waals surface area contributed by atoms with Crippen LogP contribution in [-0.2, 0) is 16.4 Å². The summed E-state index contributed by atoms with van der Waals surface area (Å²) in [6, 6.07) is 9.86. The van der Waals surface area contributed by atoms with Crippen LogP contribution in [0.3, 0.4) is 0 Å². The van der Waals surface area contributed by atoms with Gasteiger partial charge in [0.1, 0.15) is 0 Å². The summed E-state index contributed by atoms with van der Waals surface area (Å²) in [4.78, 5) is 0.242. The smallest absolute Gasteiger partial charge is 0.175 e. The number of nitrogens with zero attached hydrogens (tertiary/aromatic N) is 2. The second-order valence-electron chi connectivity index (χ2n) is 4.70. The zero-order valence-corrected chi connectivity index (χ0v) is 12.4. The molecular formula is C14H17N3O3S. The van der Waals surface area contributed by atoms with E-state index in [0.717, 1.165) is 11.9 Å². The molecule has 0 saturated carbocycles. The molecule has 0 fully saturated rings. The van der Waals surface area contributed by atoms with Gasteiger partial charge in [0, 0.05) is 25.5 Å². The molecule has 112 valence electrons. The predicted octanol–water partition coefficient (Wildman–Crippen LogP) is 0.703. The molecule has 2 aromatic rings. The van der Waals surface area contributed by atoms with Crippen LogP contribution in [0, 0.1) is 0 Å². The van der Waals surface area contributed by atoms with Crippen LogP contribution in [0.4, 0.5) is 0 Å². The van der Waals surface area contributed by atoms with Crippen molar-refractivity contribution in [3.05, 3.63) is 53.9 Å². The number of aromatic nitrogens is 2. The number of hydrogen-bond donors (Lipinski definition) is 2. The minimum atomic E-state index is -3.21. The Morgan fingerprint density at radius 1 is 1.24 bits per heavy atom. The summed E-state index contributed by atoms with van der Waals surface area (Å²) in [5.41, 5.74) is 1.45. The average Bonchev–Trinajstić information content (AvgIpc) is 2.47. The Morgan fingerprint density at radius 2 is 1.95 bits per heavy atom. The van der Waals surface area contributed by atoms with E-state index >= 15 is 0 Å². The van der Waals surface area contributed by atoms with Crippen molar-refractivity contribution in [1.29, 1.82) is 0 Å². The van der Waals surface area contributed by atoms with E-state index in [-0.39, 0.29) is 4.90 Å². The van der Waals surface area contributed by atoms with Gasteiger partial charge >= 0.3 is 0 Å². The van der Waals surface area contributed by atoms with Crippen molar-refractivity contribution in [2.45, 2.75) is 17.5 Å². The Morgan fingerprint density at radius 3 is 2.52 bits per heavy atom. The number of hydrogen-bond acceptors (Lipinski definition) is 6. The molecule has 0 spiro atoms. The van der Waals surface area contributed by atoms with Crippen LogP contribution in [0.5, 0.6) is 0 Å².